The molecule has 12 heavy (non-hydrogen) atoms. The molecule has 0 aliphatic carbocycles. The number of halogens is 1. The summed E-state index contributed by atoms with van der Waals surface area (Å²) in [6.45, 7) is 3.68. The summed E-state index contributed by atoms with van der Waals surface area (Å²) in [5, 5.41) is 0.962. The molecule has 2 fully saturated rings. The van der Waals surface area contributed by atoms with Gasteiger partial charge in [-0.25, -0.2) is 0 Å². The van der Waals surface area contributed by atoms with Crippen molar-refractivity contribution in [1.82, 2.24) is 10.0 Å². The quantitative estimate of drug-likeness (QED) is 0.508. The Bertz CT molecular complexity index is 164. The van der Waals surface area contributed by atoms with Crippen molar-refractivity contribution in [3.05, 3.63) is 0 Å². The predicted molar refractivity (Wildman–Crippen MR) is 46.5 cm³/mol. The lowest BCUT2D eigenvalue weighted by Gasteiger charge is -2.35. The highest BCUT2D eigenvalue weighted by Crippen LogP contribution is 2.39. The SMILES string of the molecule is CN1CCC2(CCN(F)CC2)C1. The topological polar surface area (TPSA) is 6.48 Å². The Labute approximate surface area is 73.3 Å². The summed E-state index contributed by atoms with van der Waals surface area (Å²) in [6.07, 6.45) is 3.37. The van der Waals surface area contributed by atoms with Crippen LogP contribution < -0.4 is 0 Å². The van der Waals surface area contributed by atoms with Crippen LogP contribution in [0, 0.1) is 5.41 Å². The van der Waals surface area contributed by atoms with Gasteiger partial charge in [0.05, 0.1) is 0 Å². The molecule has 0 aromatic rings. The molecule has 0 aromatic carbocycles. The number of rotatable bonds is 0. The zero-order valence-corrected chi connectivity index (χ0v) is 7.72. The highest BCUT2D eigenvalue weighted by Gasteiger charge is 2.39. The van der Waals surface area contributed by atoms with E-state index in [9.17, 15) is 4.48 Å². The second-order valence-corrected chi connectivity index (χ2v) is 4.40. The highest BCUT2D eigenvalue weighted by molar-refractivity contribution is 4.91. The fourth-order valence-electron chi connectivity index (χ4n) is 2.52. The largest absolute Gasteiger partial charge is 0.306 e. The van der Waals surface area contributed by atoms with E-state index in [-0.39, 0.29) is 0 Å². The van der Waals surface area contributed by atoms with Crippen LogP contribution in [-0.4, -0.2) is 43.2 Å². The van der Waals surface area contributed by atoms with Crippen LogP contribution in [0.25, 0.3) is 0 Å². The molecule has 0 saturated carbocycles. The van der Waals surface area contributed by atoms with Gasteiger partial charge in [-0.1, -0.05) is 0 Å². The molecule has 1 spiro atoms. The minimum absolute atomic E-state index is 0.470. The van der Waals surface area contributed by atoms with Gasteiger partial charge in [-0.05, 0) is 38.3 Å². The van der Waals surface area contributed by atoms with E-state index in [1.807, 2.05) is 0 Å². The van der Waals surface area contributed by atoms with Gasteiger partial charge in [-0.2, -0.15) is 0 Å². The summed E-state index contributed by atoms with van der Waals surface area (Å²) in [4.78, 5) is 2.37. The van der Waals surface area contributed by atoms with E-state index in [2.05, 4.69) is 11.9 Å². The van der Waals surface area contributed by atoms with Gasteiger partial charge in [0.15, 0.2) is 0 Å². The minimum Gasteiger partial charge on any atom is -0.306 e. The number of nitrogens with zero attached hydrogens (tertiary/aromatic N) is 2. The van der Waals surface area contributed by atoms with Crippen LogP contribution in [0.15, 0.2) is 0 Å². The minimum atomic E-state index is 0.470. The van der Waals surface area contributed by atoms with E-state index >= 15 is 0 Å². The molecule has 0 amide bonds. The Balaban J connectivity index is 1.95. The van der Waals surface area contributed by atoms with Gasteiger partial charge in [0.1, 0.15) is 0 Å². The van der Waals surface area contributed by atoms with Crippen LogP contribution in [0.1, 0.15) is 19.3 Å². The first-order valence-corrected chi connectivity index (χ1v) is 4.80. The molecule has 0 bridgehead atoms. The molecule has 2 nitrogen and oxygen atoms in total. The van der Waals surface area contributed by atoms with E-state index in [1.165, 1.54) is 19.5 Å². The van der Waals surface area contributed by atoms with E-state index in [0.717, 1.165) is 18.0 Å². The second-order valence-electron chi connectivity index (χ2n) is 4.40. The van der Waals surface area contributed by atoms with Gasteiger partial charge in [0, 0.05) is 19.6 Å². The van der Waals surface area contributed by atoms with Crippen molar-refractivity contribution in [2.45, 2.75) is 19.3 Å². The third-order valence-corrected chi connectivity index (χ3v) is 3.40. The Kier molecular flexibility index (Phi) is 2.09. The van der Waals surface area contributed by atoms with Crippen LogP contribution >= 0.6 is 0 Å². The number of likely N-dealkylation sites (tertiary alicyclic amines) is 1. The second kappa shape index (κ2) is 2.96. The summed E-state index contributed by atoms with van der Waals surface area (Å²) in [5.41, 5.74) is 0.470. The van der Waals surface area contributed by atoms with Crippen LogP contribution in [0.2, 0.25) is 0 Å². The standard InChI is InChI=1S/C9H17FN2/c1-11-5-2-9(8-11)3-6-12(10)7-4-9/h2-8H2,1H3. The van der Waals surface area contributed by atoms with Crippen LogP contribution in [-0.2, 0) is 0 Å². The zero-order chi connectivity index (χ0) is 8.60. The van der Waals surface area contributed by atoms with Crippen molar-refractivity contribution in [1.29, 1.82) is 0 Å². The van der Waals surface area contributed by atoms with Gasteiger partial charge < -0.3 is 4.90 Å². The Morgan fingerprint density at radius 1 is 1.08 bits per heavy atom. The smallest absolute Gasteiger partial charge is 0.0296 e. The molecule has 0 aromatic heterocycles. The number of hydrogen-bond donors (Lipinski definition) is 0. The molecule has 0 atom stereocenters. The number of hydrogen-bond acceptors (Lipinski definition) is 2. The van der Waals surface area contributed by atoms with Crippen LogP contribution in [0.5, 0.6) is 0 Å². The average molecular weight is 172 g/mol. The number of piperidine rings is 1. The normalized spacial score (nSPS) is 31.5. The third kappa shape index (κ3) is 1.48. The Morgan fingerprint density at radius 2 is 1.67 bits per heavy atom. The van der Waals surface area contributed by atoms with Gasteiger partial charge >= 0.3 is 0 Å². The summed E-state index contributed by atoms with van der Waals surface area (Å²) in [5.74, 6) is 0. The molecule has 2 saturated heterocycles. The predicted octanol–water partition coefficient (Wildman–Crippen LogP) is 1.29. The van der Waals surface area contributed by atoms with Gasteiger partial charge in [0.25, 0.3) is 0 Å². The molecular weight excluding hydrogens is 155 g/mol. The fraction of sp³-hybridized carbons (Fsp3) is 1.00. The molecular formula is C9H17FN2. The molecule has 2 aliphatic heterocycles. The maximum atomic E-state index is 12.7. The highest BCUT2D eigenvalue weighted by atomic mass is 19.2. The van der Waals surface area contributed by atoms with E-state index < -0.39 is 0 Å². The van der Waals surface area contributed by atoms with E-state index in [1.54, 1.807) is 0 Å². The molecule has 3 heteroatoms. The Hall–Kier alpha value is -0.150. The monoisotopic (exact) mass is 172 g/mol. The van der Waals surface area contributed by atoms with Crippen LogP contribution in [0.3, 0.4) is 0 Å². The maximum Gasteiger partial charge on any atom is 0.0296 e. The molecule has 2 heterocycles. The summed E-state index contributed by atoms with van der Waals surface area (Å²) in [7, 11) is 2.16. The first kappa shape index (κ1) is 8.45. The van der Waals surface area contributed by atoms with Crippen molar-refractivity contribution in [2.75, 3.05) is 33.2 Å². The Morgan fingerprint density at radius 3 is 2.17 bits per heavy atom. The summed E-state index contributed by atoms with van der Waals surface area (Å²) < 4.78 is 12.7. The summed E-state index contributed by atoms with van der Waals surface area (Å²) >= 11 is 0. The molecule has 0 N–H and O–H groups in total. The van der Waals surface area contributed by atoms with E-state index in [0.29, 0.717) is 18.5 Å². The average Bonchev–Trinajstić information content (AvgIpc) is 2.40. The van der Waals surface area contributed by atoms with Crippen LogP contribution in [0.4, 0.5) is 4.48 Å². The molecule has 2 rings (SSSR count). The van der Waals surface area contributed by atoms with Crippen molar-refractivity contribution in [3.8, 4) is 0 Å². The van der Waals surface area contributed by atoms with Gasteiger partial charge in [-0.3, -0.25) is 0 Å². The zero-order valence-electron chi connectivity index (χ0n) is 7.72. The van der Waals surface area contributed by atoms with Crippen molar-refractivity contribution in [3.63, 3.8) is 0 Å². The molecule has 70 valence electrons. The molecule has 0 unspecified atom stereocenters. The van der Waals surface area contributed by atoms with E-state index in [4.69, 9.17) is 0 Å². The first-order chi connectivity index (χ1) is 5.70. The molecule has 2 aliphatic rings. The third-order valence-electron chi connectivity index (χ3n) is 3.40. The van der Waals surface area contributed by atoms with Crippen molar-refractivity contribution >= 4 is 0 Å². The lowest BCUT2D eigenvalue weighted by Crippen LogP contribution is -2.37. The summed E-state index contributed by atoms with van der Waals surface area (Å²) in [6, 6.07) is 0. The maximum absolute atomic E-state index is 12.7. The first-order valence-electron chi connectivity index (χ1n) is 4.80. The fourth-order valence-corrected chi connectivity index (χ4v) is 2.52. The lowest BCUT2D eigenvalue weighted by atomic mass is 9.78. The lowest BCUT2D eigenvalue weighted by molar-refractivity contribution is -0.0324. The molecule has 0 radical (unpaired) electrons. The van der Waals surface area contributed by atoms with Gasteiger partial charge in [0.2, 0.25) is 0 Å². The van der Waals surface area contributed by atoms with Crippen molar-refractivity contribution in [2.24, 2.45) is 5.41 Å². The van der Waals surface area contributed by atoms with Crippen molar-refractivity contribution < 1.29 is 4.48 Å². The van der Waals surface area contributed by atoms with Gasteiger partial charge in [-0.15, -0.1) is 9.60 Å².